The molecule has 1 aromatic heterocycles. The van der Waals surface area contributed by atoms with Crippen molar-refractivity contribution in [3.8, 4) is 17.2 Å². The van der Waals surface area contributed by atoms with Crippen LogP contribution in [0, 0.1) is 0 Å². The van der Waals surface area contributed by atoms with Crippen molar-refractivity contribution in [3.63, 3.8) is 0 Å². The van der Waals surface area contributed by atoms with Gasteiger partial charge in [-0.15, -0.1) is 4.57 Å². The van der Waals surface area contributed by atoms with Gasteiger partial charge in [0.15, 0.2) is 5.75 Å². The van der Waals surface area contributed by atoms with E-state index in [0.29, 0.717) is 11.5 Å². The van der Waals surface area contributed by atoms with Gasteiger partial charge in [-0.1, -0.05) is 97.1 Å². The SMILES string of the molecule is CC(=O)Oc1ccccc1N1C(=CC=Cc2ccc3ccc4ccccc4c3[n+]2-c2ccccc2OC(C)=O)C=Cc2ccc3ccccc3c21. The first-order valence-electron chi connectivity index (χ1n) is 16.8. The Morgan fingerprint density at radius 1 is 0.608 bits per heavy atom. The lowest BCUT2D eigenvalue weighted by Crippen LogP contribution is -2.36. The van der Waals surface area contributed by atoms with E-state index in [2.05, 4.69) is 94.4 Å². The van der Waals surface area contributed by atoms with Gasteiger partial charge >= 0.3 is 11.9 Å². The van der Waals surface area contributed by atoms with E-state index in [0.717, 1.165) is 66.5 Å². The van der Waals surface area contributed by atoms with Crippen LogP contribution in [-0.2, 0) is 9.59 Å². The molecule has 0 aliphatic carbocycles. The Hall–Kier alpha value is -6.79. The van der Waals surface area contributed by atoms with Gasteiger partial charge in [0.2, 0.25) is 17.0 Å². The molecule has 0 atom stereocenters. The highest BCUT2D eigenvalue weighted by atomic mass is 16.5. The van der Waals surface area contributed by atoms with Crippen LogP contribution in [0.2, 0.25) is 0 Å². The Labute approximate surface area is 295 Å². The lowest BCUT2D eigenvalue weighted by molar-refractivity contribution is -0.568. The summed E-state index contributed by atoms with van der Waals surface area (Å²) in [5.74, 6) is 0.160. The Balaban J connectivity index is 1.33. The summed E-state index contributed by atoms with van der Waals surface area (Å²) in [4.78, 5) is 26.6. The van der Waals surface area contributed by atoms with Gasteiger partial charge in [-0.25, -0.2) is 0 Å². The smallest absolute Gasteiger partial charge is 0.308 e. The van der Waals surface area contributed by atoms with E-state index < -0.39 is 0 Å². The molecule has 7 aromatic rings. The minimum absolute atomic E-state index is 0.388. The molecule has 246 valence electrons. The fourth-order valence-corrected chi connectivity index (χ4v) is 6.86. The lowest BCUT2D eigenvalue weighted by atomic mass is 9.98. The van der Waals surface area contributed by atoms with Gasteiger partial charge in [-0.2, -0.15) is 0 Å². The largest absolute Gasteiger partial charge is 0.424 e. The first kappa shape index (κ1) is 31.5. The third-order valence-corrected chi connectivity index (χ3v) is 8.95. The summed E-state index contributed by atoms with van der Waals surface area (Å²) in [7, 11) is 0. The number of hydrogen-bond donors (Lipinski definition) is 0. The number of hydrogen-bond acceptors (Lipinski definition) is 5. The van der Waals surface area contributed by atoms with E-state index in [9.17, 15) is 9.59 Å². The van der Waals surface area contributed by atoms with Crippen LogP contribution in [0.1, 0.15) is 25.1 Å². The molecule has 6 heteroatoms. The van der Waals surface area contributed by atoms with Crippen LogP contribution in [0.15, 0.2) is 157 Å². The topological polar surface area (TPSA) is 59.7 Å². The van der Waals surface area contributed by atoms with Gasteiger partial charge in [0, 0.05) is 48.5 Å². The number of anilines is 2. The van der Waals surface area contributed by atoms with Gasteiger partial charge in [0.1, 0.15) is 0 Å². The summed E-state index contributed by atoms with van der Waals surface area (Å²) < 4.78 is 13.6. The Bertz CT molecular complexity index is 2620. The molecule has 0 bridgehead atoms. The minimum atomic E-state index is -0.388. The number of fused-ring (bicyclic) bond motifs is 6. The zero-order valence-corrected chi connectivity index (χ0v) is 28.1. The second-order valence-electron chi connectivity index (χ2n) is 12.3. The van der Waals surface area contributed by atoms with Crippen LogP contribution < -0.4 is 18.9 Å². The number of esters is 2. The van der Waals surface area contributed by atoms with Crippen molar-refractivity contribution in [3.05, 3.63) is 169 Å². The normalized spacial score (nSPS) is 13.3. The molecule has 51 heavy (non-hydrogen) atoms. The van der Waals surface area contributed by atoms with E-state index in [1.54, 1.807) is 0 Å². The average molecular weight is 666 g/mol. The van der Waals surface area contributed by atoms with E-state index in [1.807, 2.05) is 78.9 Å². The third-order valence-electron chi connectivity index (χ3n) is 8.95. The number of rotatable bonds is 6. The predicted octanol–water partition coefficient (Wildman–Crippen LogP) is 10.0. The number of benzene rings is 6. The Morgan fingerprint density at radius 3 is 2.02 bits per heavy atom. The van der Waals surface area contributed by atoms with Crippen molar-refractivity contribution in [2.45, 2.75) is 13.8 Å². The minimum Gasteiger partial charge on any atom is -0.424 e. The third kappa shape index (κ3) is 5.93. The molecule has 1 aliphatic rings. The number of pyridine rings is 1. The van der Waals surface area contributed by atoms with Crippen LogP contribution in [0.25, 0.3) is 50.3 Å². The first-order valence-corrected chi connectivity index (χ1v) is 16.8. The molecule has 0 amide bonds. The molecular weight excluding hydrogens is 633 g/mol. The Morgan fingerprint density at radius 2 is 1.22 bits per heavy atom. The highest BCUT2D eigenvalue weighted by Crippen LogP contribution is 2.45. The van der Waals surface area contributed by atoms with Crippen molar-refractivity contribution in [2.75, 3.05) is 4.90 Å². The Kier molecular flexibility index (Phi) is 8.18. The van der Waals surface area contributed by atoms with Gasteiger partial charge in [0.05, 0.1) is 16.8 Å². The molecule has 0 saturated carbocycles. The highest BCUT2D eigenvalue weighted by molar-refractivity contribution is 6.05. The summed E-state index contributed by atoms with van der Waals surface area (Å²) in [6.07, 6.45) is 10.3. The number of ether oxygens (including phenoxy) is 2. The van der Waals surface area contributed by atoms with Crippen LogP contribution in [0.4, 0.5) is 11.4 Å². The number of carbonyl (C=O) groups is 2. The molecule has 0 unspecified atom stereocenters. The molecule has 0 spiro atoms. The second-order valence-corrected chi connectivity index (χ2v) is 12.3. The average Bonchev–Trinajstić information content (AvgIpc) is 3.14. The second kappa shape index (κ2) is 13.3. The van der Waals surface area contributed by atoms with Crippen molar-refractivity contribution in [1.29, 1.82) is 0 Å². The van der Waals surface area contributed by atoms with Gasteiger partial charge in [0.25, 0.3) is 5.69 Å². The molecule has 0 fully saturated rings. The van der Waals surface area contributed by atoms with Crippen LogP contribution in [0.5, 0.6) is 11.5 Å². The number of nitrogens with zero attached hydrogens (tertiary/aromatic N) is 2. The lowest BCUT2D eigenvalue weighted by Gasteiger charge is -2.32. The van der Waals surface area contributed by atoms with Crippen molar-refractivity contribution < 1.29 is 23.6 Å². The fraction of sp³-hybridized carbons (Fsp3) is 0.0444. The maximum atomic E-state index is 12.2. The summed E-state index contributed by atoms with van der Waals surface area (Å²) in [6.45, 7) is 2.83. The number of allylic oxidation sites excluding steroid dienone is 3. The number of para-hydroxylation sites is 4. The zero-order chi connectivity index (χ0) is 34.9. The molecule has 1 aliphatic heterocycles. The molecular formula is C45H33N2O4+. The predicted molar refractivity (Wildman–Crippen MR) is 204 cm³/mol. The van der Waals surface area contributed by atoms with E-state index >= 15 is 0 Å². The quantitative estimate of drug-likeness (QED) is 0.0766. The summed E-state index contributed by atoms with van der Waals surface area (Å²) in [5, 5.41) is 5.41. The number of carbonyl (C=O) groups excluding carboxylic acids is 2. The molecule has 0 radical (unpaired) electrons. The van der Waals surface area contributed by atoms with Gasteiger partial charge in [-0.05, 0) is 64.9 Å². The summed E-state index contributed by atoms with van der Waals surface area (Å²) in [6, 6.07) is 44.4. The summed E-state index contributed by atoms with van der Waals surface area (Å²) >= 11 is 0. The van der Waals surface area contributed by atoms with Crippen LogP contribution in [0.3, 0.4) is 0 Å². The molecule has 6 aromatic carbocycles. The molecule has 0 N–H and O–H groups in total. The molecule has 6 nitrogen and oxygen atoms in total. The van der Waals surface area contributed by atoms with Crippen LogP contribution in [-0.4, -0.2) is 11.9 Å². The van der Waals surface area contributed by atoms with E-state index in [1.165, 1.54) is 13.8 Å². The standard InChI is InChI=1S/C45H33N2O4/c1-30(48)50-42-20-9-7-18-40(42)46-36(28-26-34-24-22-32-12-3-5-16-38(32)44(34)46)14-11-15-37-29-27-35-25-23-33-13-4-6-17-39(33)45(35)47(37)41-19-8-10-21-43(41)51-31(2)49/h3-29H,1-2H3/q+1. The van der Waals surface area contributed by atoms with Crippen molar-refractivity contribution >= 4 is 67.9 Å². The molecule has 0 saturated heterocycles. The monoisotopic (exact) mass is 665 g/mol. The molecule has 2 heterocycles. The molecule has 8 rings (SSSR count). The van der Waals surface area contributed by atoms with Crippen molar-refractivity contribution in [2.24, 2.45) is 0 Å². The van der Waals surface area contributed by atoms with Crippen molar-refractivity contribution in [1.82, 2.24) is 0 Å². The summed E-state index contributed by atoms with van der Waals surface area (Å²) in [5.41, 5.74) is 6.30. The van der Waals surface area contributed by atoms with Crippen LogP contribution >= 0.6 is 0 Å². The first-order chi connectivity index (χ1) is 25.0. The maximum Gasteiger partial charge on any atom is 0.308 e. The van der Waals surface area contributed by atoms with E-state index in [-0.39, 0.29) is 11.9 Å². The van der Waals surface area contributed by atoms with Gasteiger partial charge in [-0.3, -0.25) is 9.59 Å². The highest BCUT2D eigenvalue weighted by Gasteiger charge is 2.26. The zero-order valence-electron chi connectivity index (χ0n) is 28.1. The number of aromatic nitrogens is 1. The maximum absolute atomic E-state index is 12.2. The fourth-order valence-electron chi connectivity index (χ4n) is 6.86. The van der Waals surface area contributed by atoms with Gasteiger partial charge < -0.3 is 14.4 Å². The van der Waals surface area contributed by atoms with E-state index in [4.69, 9.17) is 9.47 Å².